The van der Waals surface area contributed by atoms with Crippen LogP contribution >= 0.6 is 11.6 Å². The van der Waals surface area contributed by atoms with Gasteiger partial charge in [-0.15, -0.1) is 0 Å². The second-order valence-electron chi connectivity index (χ2n) is 6.01. The normalized spacial score (nSPS) is 18.4. The predicted octanol–water partition coefficient (Wildman–Crippen LogP) is 2.31. The van der Waals surface area contributed by atoms with E-state index in [1.807, 2.05) is 25.1 Å². The standard InChI is InChI=1S/C18H19ClN4O3/c1-11-14(4-3-5-15(11)19)16-7-21-17(8-20-16)18(25)23-9-12(22-26-2)6-13(23)10-24/h3-5,7-8,13,24H,6,9-10H2,1-2H3. The van der Waals surface area contributed by atoms with Crippen LogP contribution < -0.4 is 0 Å². The fraction of sp³-hybridized carbons (Fsp3) is 0.333. The zero-order valence-corrected chi connectivity index (χ0v) is 15.3. The summed E-state index contributed by atoms with van der Waals surface area (Å²) in [6.45, 7) is 2.06. The van der Waals surface area contributed by atoms with E-state index >= 15 is 0 Å². The number of nitrogens with zero attached hydrogens (tertiary/aromatic N) is 4. The second-order valence-corrected chi connectivity index (χ2v) is 6.42. The average Bonchev–Trinajstić information content (AvgIpc) is 3.07. The predicted molar refractivity (Wildman–Crippen MR) is 98.2 cm³/mol. The molecular weight excluding hydrogens is 356 g/mol. The molecule has 0 aliphatic carbocycles. The molecule has 0 spiro atoms. The van der Waals surface area contributed by atoms with Gasteiger partial charge in [0.2, 0.25) is 0 Å². The highest BCUT2D eigenvalue weighted by atomic mass is 35.5. The van der Waals surface area contributed by atoms with E-state index in [1.54, 1.807) is 6.20 Å². The Morgan fingerprint density at radius 2 is 2.23 bits per heavy atom. The van der Waals surface area contributed by atoms with Gasteiger partial charge in [-0.2, -0.15) is 0 Å². The zero-order chi connectivity index (χ0) is 18.7. The maximum Gasteiger partial charge on any atom is 0.274 e. The van der Waals surface area contributed by atoms with Gasteiger partial charge in [0.1, 0.15) is 12.8 Å². The molecule has 136 valence electrons. The number of halogens is 1. The Morgan fingerprint density at radius 3 is 2.88 bits per heavy atom. The van der Waals surface area contributed by atoms with E-state index in [4.69, 9.17) is 16.4 Å². The van der Waals surface area contributed by atoms with E-state index in [9.17, 15) is 9.90 Å². The molecule has 1 N–H and O–H groups in total. The summed E-state index contributed by atoms with van der Waals surface area (Å²) < 4.78 is 0. The Kier molecular flexibility index (Phi) is 5.49. The van der Waals surface area contributed by atoms with Crippen LogP contribution in [0.3, 0.4) is 0 Å². The van der Waals surface area contributed by atoms with E-state index in [2.05, 4.69) is 15.1 Å². The third kappa shape index (κ3) is 3.54. The topological polar surface area (TPSA) is 87.9 Å². The van der Waals surface area contributed by atoms with Crippen molar-refractivity contribution in [2.75, 3.05) is 20.3 Å². The van der Waals surface area contributed by atoms with E-state index in [1.165, 1.54) is 18.2 Å². The van der Waals surface area contributed by atoms with Crippen LogP contribution in [0.5, 0.6) is 0 Å². The summed E-state index contributed by atoms with van der Waals surface area (Å²) in [4.78, 5) is 27.7. The monoisotopic (exact) mass is 374 g/mol. The molecule has 26 heavy (non-hydrogen) atoms. The highest BCUT2D eigenvalue weighted by Gasteiger charge is 2.34. The number of carbonyl (C=O) groups excluding carboxylic acids is 1. The van der Waals surface area contributed by atoms with Gasteiger partial charge in [0.25, 0.3) is 5.91 Å². The number of aromatic nitrogens is 2. The second kappa shape index (κ2) is 7.80. The number of aliphatic hydroxyl groups is 1. The number of carbonyl (C=O) groups is 1. The van der Waals surface area contributed by atoms with Crippen LogP contribution in [-0.4, -0.2) is 57.9 Å². The van der Waals surface area contributed by atoms with E-state index < -0.39 is 0 Å². The fourth-order valence-electron chi connectivity index (χ4n) is 2.98. The van der Waals surface area contributed by atoms with Crippen LogP contribution in [0.25, 0.3) is 11.3 Å². The van der Waals surface area contributed by atoms with Crippen molar-refractivity contribution in [3.05, 3.63) is 46.9 Å². The molecule has 0 saturated carbocycles. The molecule has 0 radical (unpaired) electrons. The van der Waals surface area contributed by atoms with Gasteiger partial charge in [-0.1, -0.05) is 28.9 Å². The van der Waals surface area contributed by atoms with Crippen molar-refractivity contribution in [1.29, 1.82) is 0 Å². The molecule has 7 nitrogen and oxygen atoms in total. The van der Waals surface area contributed by atoms with E-state index in [0.29, 0.717) is 29.4 Å². The van der Waals surface area contributed by atoms with Crippen molar-refractivity contribution in [3.63, 3.8) is 0 Å². The van der Waals surface area contributed by atoms with Crippen LogP contribution in [0.15, 0.2) is 35.7 Å². The number of oxime groups is 1. The SMILES string of the molecule is CON=C1CC(CO)N(C(=O)c2cnc(-c3cccc(Cl)c3C)cn2)C1. The number of rotatable bonds is 4. The Balaban J connectivity index is 1.83. The first-order valence-corrected chi connectivity index (χ1v) is 8.51. The molecule has 2 heterocycles. The molecule has 1 saturated heterocycles. The number of aliphatic hydroxyl groups excluding tert-OH is 1. The summed E-state index contributed by atoms with van der Waals surface area (Å²) in [5, 5.41) is 14.1. The van der Waals surface area contributed by atoms with Crippen LogP contribution in [0, 0.1) is 6.92 Å². The smallest absolute Gasteiger partial charge is 0.274 e. The lowest BCUT2D eigenvalue weighted by atomic mass is 10.1. The molecule has 1 aliphatic heterocycles. The van der Waals surface area contributed by atoms with Gasteiger partial charge >= 0.3 is 0 Å². The molecule has 2 aromatic rings. The number of likely N-dealkylation sites (tertiary alicyclic amines) is 1. The minimum Gasteiger partial charge on any atom is -0.399 e. The largest absolute Gasteiger partial charge is 0.399 e. The van der Waals surface area contributed by atoms with E-state index in [0.717, 1.165) is 11.1 Å². The van der Waals surface area contributed by atoms with Gasteiger partial charge in [-0.25, -0.2) is 4.98 Å². The molecule has 0 bridgehead atoms. The van der Waals surface area contributed by atoms with Gasteiger partial charge in [-0.05, 0) is 18.6 Å². The maximum atomic E-state index is 12.7. The molecule has 1 atom stereocenters. The van der Waals surface area contributed by atoms with Crippen LogP contribution in [0.2, 0.25) is 5.02 Å². The average molecular weight is 375 g/mol. The van der Waals surface area contributed by atoms with Gasteiger partial charge < -0.3 is 14.8 Å². The lowest BCUT2D eigenvalue weighted by Gasteiger charge is -2.21. The highest BCUT2D eigenvalue weighted by molar-refractivity contribution is 6.31. The summed E-state index contributed by atoms with van der Waals surface area (Å²) in [5.74, 6) is -0.299. The third-order valence-corrected chi connectivity index (χ3v) is 4.78. The van der Waals surface area contributed by atoms with Gasteiger partial charge in [0.15, 0.2) is 0 Å². The van der Waals surface area contributed by atoms with Crippen molar-refractivity contribution in [3.8, 4) is 11.3 Å². The zero-order valence-electron chi connectivity index (χ0n) is 14.5. The number of benzene rings is 1. The van der Waals surface area contributed by atoms with Gasteiger partial charge in [0.05, 0.1) is 43.0 Å². The first-order chi connectivity index (χ1) is 12.5. The van der Waals surface area contributed by atoms with Gasteiger partial charge in [-0.3, -0.25) is 9.78 Å². The summed E-state index contributed by atoms with van der Waals surface area (Å²) in [7, 11) is 1.45. The van der Waals surface area contributed by atoms with Crippen molar-refractivity contribution in [2.45, 2.75) is 19.4 Å². The first-order valence-electron chi connectivity index (χ1n) is 8.13. The van der Waals surface area contributed by atoms with E-state index in [-0.39, 0.29) is 24.2 Å². The third-order valence-electron chi connectivity index (χ3n) is 4.37. The molecule has 1 aromatic heterocycles. The lowest BCUT2D eigenvalue weighted by Crippen LogP contribution is -2.38. The molecule has 1 fully saturated rings. The Morgan fingerprint density at radius 1 is 1.42 bits per heavy atom. The molecule has 1 aromatic carbocycles. The quantitative estimate of drug-likeness (QED) is 0.830. The first kappa shape index (κ1) is 18.3. The van der Waals surface area contributed by atoms with Crippen LogP contribution in [0.1, 0.15) is 22.5 Å². The molecule has 1 aliphatic rings. The van der Waals surface area contributed by atoms with Crippen molar-refractivity contribution in [1.82, 2.24) is 14.9 Å². The minimum absolute atomic E-state index is 0.151. The molecule has 1 unspecified atom stereocenters. The Labute approximate surface area is 156 Å². The lowest BCUT2D eigenvalue weighted by molar-refractivity contribution is 0.0674. The summed E-state index contributed by atoms with van der Waals surface area (Å²) in [6.07, 6.45) is 3.47. The summed E-state index contributed by atoms with van der Waals surface area (Å²) >= 11 is 6.15. The Hall–Kier alpha value is -2.51. The van der Waals surface area contributed by atoms with Crippen LogP contribution in [0.4, 0.5) is 0 Å². The molecule has 8 heteroatoms. The van der Waals surface area contributed by atoms with Gasteiger partial charge in [0, 0.05) is 17.0 Å². The van der Waals surface area contributed by atoms with Crippen LogP contribution in [-0.2, 0) is 4.84 Å². The Bertz CT molecular complexity index is 839. The summed E-state index contributed by atoms with van der Waals surface area (Å²) in [5.41, 5.74) is 3.34. The van der Waals surface area contributed by atoms with Crippen molar-refractivity contribution in [2.24, 2.45) is 5.16 Å². The van der Waals surface area contributed by atoms with Crippen molar-refractivity contribution >= 4 is 23.2 Å². The maximum absolute atomic E-state index is 12.7. The molecule has 3 rings (SSSR count). The number of amides is 1. The summed E-state index contributed by atoms with van der Waals surface area (Å²) in [6, 6.07) is 5.22. The number of hydrogen-bond donors (Lipinski definition) is 1. The fourth-order valence-corrected chi connectivity index (χ4v) is 3.15. The molecule has 1 amide bonds. The highest BCUT2D eigenvalue weighted by Crippen LogP contribution is 2.26. The molecular formula is C18H19ClN4O3. The minimum atomic E-state index is -0.340. The number of hydrogen-bond acceptors (Lipinski definition) is 6. The van der Waals surface area contributed by atoms with Crippen molar-refractivity contribution < 1.29 is 14.7 Å².